The van der Waals surface area contributed by atoms with E-state index < -0.39 is 45.9 Å². The van der Waals surface area contributed by atoms with E-state index in [9.17, 15) is 35.6 Å². The van der Waals surface area contributed by atoms with E-state index in [1.165, 1.54) is 0 Å². The Morgan fingerprint density at radius 2 is 1.80 bits per heavy atom. The summed E-state index contributed by atoms with van der Waals surface area (Å²) in [5, 5.41) is 63.6. The molecule has 0 aromatic heterocycles. The maximum absolute atomic E-state index is 13.4. The minimum Gasteiger partial charge on any atom is -0.393 e. The molecule has 4 aliphatic carbocycles. The molecule has 0 aliphatic heterocycles. The number of allylic oxidation sites excluding steroid dienone is 1. The molecule has 6 N–H and O–H groups in total. The van der Waals surface area contributed by atoms with Crippen molar-refractivity contribution in [2.75, 3.05) is 0 Å². The van der Waals surface area contributed by atoms with Gasteiger partial charge in [0, 0.05) is 17.8 Å². The first-order valence-corrected chi connectivity index (χ1v) is 13.1. The van der Waals surface area contributed by atoms with Gasteiger partial charge in [-0.15, -0.1) is 0 Å². The lowest BCUT2D eigenvalue weighted by Gasteiger charge is -2.61. The topological polar surface area (TPSA) is 148 Å². The second-order valence-electron chi connectivity index (χ2n) is 13.2. The Morgan fingerprint density at radius 3 is 2.40 bits per heavy atom. The maximum atomic E-state index is 13.4. The molecule has 0 heterocycles. The molecule has 0 spiro atoms. The Kier molecular flexibility index (Phi) is 6.66. The summed E-state index contributed by atoms with van der Waals surface area (Å²) < 4.78 is 0. The second-order valence-corrected chi connectivity index (χ2v) is 13.2. The highest BCUT2D eigenvalue weighted by atomic mass is 17.1. The summed E-state index contributed by atoms with van der Waals surface area (Å²) in [7, 11) is 0. The second kappa shape index (κ2) is 8.58. The van der Waals surface area contributed by atoms with Crippen molar-refractivity contribution < 1.29 is 40.5 Å². The van der Waals surface area contributed by atoms with Crippen LogP contribution in [0.4, 0.5) is 0 Å². The standard InChI is InChI=1S/C27H44O8/c1-15(20(28)8-9-23(2,3)31)16-7-11-26(32)18-12-21(29)19-13-27(33,35-34)22(30)14-24(19,4)17(18)6-10-25(16,26)5/h12,15-17,19-20,22,28,30-34H,6-11,13-14H2,1-5H3/t15-,16+,17-,19-,20?,22-,24+,25+,26+,27+/m0/s1. The number of aliphatic hydroxyl groups excluding tert-OH is 2. The van der Waals surface area contributed by atoms with Crippen molar-refractivity contribution >= 4 is 5.78 Å². The number of carbonyl (C=O) groups excluding carboxylic acids is 1. The molecule has 1 unspecified atom stereocenters. The summed E-state index contributed by atoms with van der Waals surface area (Å²) in [6.07, 6.45) is 3.10. The fourth-order valence-electron chi connectivity index (χ4n) is 8.35. The number of fused-ring (bicyclic) bond motifs is 5. The van der Waals surface area contributed by atoms with Crippen molar-refractivity contribution in [1.82, 2.24) is 0 Å². The van der Waals surface area contributed by atoms with Crippen LogP contribution in [0.25, 0.3) is 0 Å². The van der Waals surface area contributed by atoms with Gasteiger partial charge in [-0.25, -0.2) is 10.1 Å². The Morgan fingerprint density at radius 1 is 1.14 bits per heavy atom. The van der Waals surface area contributed by atoms with Crippen LogP contribution in [0.5, 0.6) is 0 Å². The highest BCUT2D eigenvalue weighted by molar-refractivity contribution is 5.95. The van der Waals surface area contributed by atoms with Gasteiger partial charge in [0.25, 0.3) is 0 Å². The van der Waals surface area contributed by atoms with E-state index in [0.717, 1.165) is 18.4 Å². The number of aliphatic hydroxyl groups is 5. The van der Waals surface area contributed by atoms with Gasteiger partial charge in [-0.2, -0.15) is 0 Å². The lowest BCUT2D eigenvalue weighted by atomic mass is 9.45. The first kappa shape index (κ1) is 27.2. The number of ketones is 1. The molecule has 3 fully saturated rings. The van der Waals surface area contributed by atoms with Crippen LogP contribution in [0, 0.1) is 34.5 Å². The van der Waals surface area contributed by atoms with Crippen molar-refractivity contribution in [3.05, 3.63) is 11.6 Å². The van der Waals surface area contributed by atoms with Crippen LogP contribution in [0.3, 0.4) is 0 Å². The van der Waals surface area contributed by atoms with E-state index >= 15 is 0 Å². The van der Waals surface area contributed by atoms with Gasteiger partial charge in [-0.1, -0.05) is 20.8 Å². The third-order valence-corrected chi connectivity index (χ3v) is 10.7. The molecule has 0 aromatic rings. The molecule has 0 radical (unpaired) electrons. The molecule has 8 nitrogen and oxygen atoms in total. The Labute approximate surface area is 207 Å². The third kappa shape index (κ3) is 4.04. The molecule has 0 aromatic carbocycles. The minimum atomic E-state index is -2.18. The van der Waals surface area contributed by atoms with Gasteiger partial charge in [0.2, 0.25) is 5.79 Å². The van der Waals surface area contributed by atoms with Gasteiger partial charge in [-0.3, -0.25) is 4.79 Å². The molecule has 0 amide bonds. The molecule has 8 heteroatoms. The van der Waals surface area contributed by atoms with Gasteiger partial charge in [0.05, 0.1) is 17.3 Å². The van der Waals surface area contributed by atoms with Crippen molar-refractivity contribution in [2.45, 2.75) is 115 Å². The lowest BCUT2D eigenvalue weighted by molar-refractivity contribution is -0.429. The monoisotopic (exact) mass is 496 g/mol. The van der Waals surface area contributed by atoms with E-state index in [0.29, 0.717) is 25.7 Å². The van der Waals surface area contributed by atoms with Crippen LogP contribution in [0.1, 0.15) is 86.0 Å². The lowest BCUT2D eigenvalue weighted by Crippen LogP contribution is -2.63. The highest BCUT2D eigenvalue weighted by Gasteiger charge is 2.68. The van der Waals surface area contributed by atoms with Crippen molar-refractivity contribution in [3.8, 4) is 0 Å². The van der Waals surface area contributed by atoms with Crippen LogP contribution in [-0.4, -0.2) is 65.8 Å². The summed E-state index contributed by atoms with van der Waals surface area (Å²) in [6, 6.07) is 0. The smallest absolute Gasteiger partial charge is 0.225 e. The molecule has 200 valence electrons. The van der Waals surface area contributed by atoms with Gasteiger partial charge in [-0.05, 0) is 93.6 Å². The third-order valence-electron chi connectivity index (χ3n) is 10.7. The van der Waals surface area contributed by atoms with Crippen LogP contribution >= 0.6 is 0 Å². The number of hydrogen-bond donors (Lipinski definition) is 6. The summed E-state index contributed by atoms with van der Waals surface area (Å²) in [5.41, 5.74) is -2.52. The van der Waals surface area contributed by atoms with Gasteiger partial charge >= 0.3 is 0 Å². The molecule has 4 aliphatic rings. The normalized spacial score (nSPS) is 47.4. The predicted molar refractivity (Wildman–Crippen MR) is 128 cm³/mol. The molecule has 35 heavy (non-hydrogen) atoms. The number of hydrogen-bond acceptors (Lipinski definition) is 8. The van der Waals surface area contributed by atoms with E-state index in [1.54, 1.807) is 19.9 Å². The number of carbonyl (C=O) groups is 1. The van der Waals surface area contributed by atoms with E-state index in [2.05, 4.69) is 11.8 Å². The predicted octanol–water partition coefficient (Wildman–Crippen LogP) is 2.56. The van der Waals surface area contributed by atoms with Crippen molar-refractivity contribution in [1.29, 1.82) is 0 Å². The zero-order valence-corrected chi connectivity index (χ0v) is 21.7. The summed E-state index contributed by atoms with van der Waals surface area (Å²) in [6.45, 7) is 9.51. The number of rotatable bonds is 6. The summed E-state index contributed by atoms with van der Waals surface area (Å²) in [4.78, 5) is 17.6. The molecule has 10 atom stereocenters. The van der Waals surface area contributed by atoms with Crippen LogP contribution < -0.4 is 0 Å². The summed E-state index contributed by atoms with van der Waals surface area (Å²) >= 11 is 0. The SMILES string of the molecule is C[C@H](C(O)CCC(C)(C)O)[C@H]1CC[C@@]2(O)C3=CC(=O)[C@@H]4C[C@@](O)(OO)[C@@H](O)C[C@]4(C)[C@H]3CC[C@]12C. The summed E-state index contributed by atoms with van der Waals surface area (Å²) in [5.74, 6) is -3.21. The first-order valence-electron chi connectivity index (χ1n) is 13.1. The van der Waals surface area contributed by atoms with E-state index in [1.807, 2.05) is 13.8 Å². The fraction of sp³-hybridized carbons (Fsp3) is 0.889. The van der Waals surface area contributed by atoms with E-state index in [-0.39, 0.29) is 36.4 Å². The Hall–Kier alpha value is -0.870. The molecular weight excluding hydrogens is 452 g/mol. The minimum absolute atomic E-state index is 0.0524. The average molecular weight is 497 g/mol. The molecule has 0 saturated heterocycles. The van der Waals surface area contributed by atoms with Gasteiger partial charge in [0.15, 0.2) is 5.78 Å². The van der Waals surface area contributed by atoms with Crippen LogP contribution in [0.2, 0.25) is 0 Å². The average Bonchev–Trinajstić information content (AvgIpc) is 3.04. The molecule has 4 rings (SSSR count). The molecular formula is C27H44O8. The highest BCUT2D eigenvalue weighted by Crippen LogP contribution is 2.68. The molecule has 0 bridgehead atoms. The largest absolute Gasteiger partial charge is 0.393 e. The van der Waals surface area contributed by atoms with Crippen LogP contribution in [-0.2, 0) is 9.68 Å². The van der Waals surface area contributed by atoms with E-state index in [4.69, 9.17) is 0 Å². The fourth-order valence-corrected chi connectivity index (χ4v) is 8.35. The Bertz CT molecular complexity index is 881. The zero-order chi connectivity index (χ0) is 26.2. The van der Waals surface area contributed by atoms with Crippen molar-refractivity contribution in [2.24, 2.45) is 34.5 Å². The van der Waals surface area contributed by atoms with Crippen LogP contribution in [0.15, 0.2) is 11.6 Å². The quantitative estimate of drug-likeness (QED) is 0.187. The maximum Gasteiger partial charge on any atom is 0.225 e. The zero-order valence-electron chi connectivity index (χ0n) is 21.7. The first-order chi connectivity index (χ1) is 16.0. The van der Waals surface area contributed by atoms with Gasteiger partial charge in [0.1, 0.15) is 6.10 Å². The van der Waals surface area contributed by atoms with Crippen molar-refractivity contribution in [3.63, 3.8) is 0 Å². The van der Waals surface area contributed by atoms with Gasteiger partial charge < -0.3 is 25.5 Å². The molecule has 3 saturated carbocycles. The Balaban J connectivity index is 1.64.